The van der Waals surface area contributed by atoms with Gasteiger partial charge < -0.3 is 4.74 Å². The maximum Gasteiger partial charge on any atom is 0.240 e. The zero-order valence-electron chi connectivity index (χ0n) is 11.4. The van der Waals surface area contributed by atoms with Crippen molar-refractivity contribution >= 4 is 10.0 Å². The third kappa shape index (κ3) is 3.57. The standard InChI is InChI=1S/C14H18N2O3S/c1-19-13-5-4-12(10-13)16-20(17,18)14-6-2-11(3-7-14)8-9-15/h2-3,6-7,12-13,16H,4-5,8,10H2,1H3. The molecule has 5 nitrogen and oxygen atoms in total. The van der Waals surface area contributed by atoms with Crippen LogP contribution in [0.5, 0.6) is 0 Å². The topological polar surface area (TPSA) is 79.2 Å². The van der Waals surface area contributed by atoms with E-state index in [0.29, 0.717) is 6.42 Å². The van der Waals surface area contributed by atoms with Gasteiger partial charge in [0.1, 0.15) is 0 Å². The first-order chi connectivity index (χ1) is 9.55. The lowest BCUT2D eigenvalue weighted by Gasteiger charge is -2.13. The van der Waals surface area contributed by atoms with Gasteiger partial charge >= 0.3 is 0 Å². The summed E-state index contributed by atoms with van der Waals surface area (Å²) in [5.41, 5.74) is 0.812. The summed E-state index contributed by atoms with van der Waals surface area (Å²) in [6.07, 6.45) is 2.81. The molecule has 1 saturated carbocycles. The molecule has 1 fully saturated rings. The molecule has 0 bridgehead atoms. The van der Waals surface area contributed by atoms with E-state index in [9.17, 15) is 8.42 Å². The summed E-state index contributed by atoms with van der Waals surface area (Å²) in [7, 11) is -1.85. The van der Waals surface area contributed by atoms with E-state index in [4.69, 9.17) is 10.00 Å². The lowest BCUT2D eigenvalue weighted by atomic mass is 10.2. The summed E-state index contributed by atoms with van der Waals surface area (Å²) in [5.74, 6) is 0. The van der Waals surface area contributed by atoms with E-state index < -0.39 is 10.0 Å². The van der Waals surface area contributed by atoms with Gasteiger partial charge in [-0.3, -0.25) is 0 Å². The van der Waals surface area contributed by atoms with Crippen LogP contribution in [0.1, 0.15) is 24.8 Å². The number of methoxy groups -OCH3 is 1. The fraction of sp³-hybridized carbons (Fsp3) is 0.500. The van der Waals surface area contributed by atoms with Gasteiger partial charge in [0, 0.05) is 13.2 Å². The molecule has 2 atom stereocenters. The quantitative estimate of drug-likeness (QED) is 0.894. The Labute approximate surface area is 119 Å². The van der Waals surface area contributed by atoms with Gasteiger partial charge in [0.2, 0.25) is 10.0 Å². The van der Waals surface area contributed by atoms with E-state index in [1.165, 1.54) is 12.1 Å². The first-order valence-electron chi connectivity index (χ1n) is 6.56. The van der Waals surface area contributed by atoms with Crippen LogP contribution >= 0.6 is 0 Å². The predicted molar refractivity (Wildman–Crippen MR) is 74.5 cm³/mol. The van der Waals surface area contributed by atoms with E-state index in [0.717, 1.165) is 18.4 Å². The fourth-order valence-electron chi connectivity index (χ4n) is 2.43. The number of sulfonamides is 1. The number of rotatable bonds is 5. The van der Waals surface area contributed by atoms with E-state index >= 15 is 0 Å². The Morgan fingerprint density at radius 2 is 2.05 bits per heavy atom. The largest absolute Gasteiger partial charge is 0.381 e. The van der Waals surface area contributed by atoms with Crippen molar-refractivity contribution in [3.8, 4) is 6.07 Å². The normalized spacial score (nSPS) is 22.6. The third-order valence-electron chi connectivity index (χ3n) is 3.56. The highest BCUT2D eigenvalue weighted by Gasteiger charge is 2.28. The first kappa shape index (κ1) is 15.0. The Hall–Kier alpha value is -1.42. The Balaban J connectivity index is 2.05. The predicted octanol–water partition coefficient (Wildman–Crippen LogP) is 1.60. The molecule has 108 valence electrons. The highest BCUT2D eigenvalue weighted by atomic mass is 32.2. The minimum atomic E-state index is -3.50. The maximum absolute atomic E-state index is 12.2. The van der Waals surface area contributed by atoms with Gasteiger partial charge in [-0.15, -0.1) is 0 Å². The van der Waals surface area contributed by atoms with Crippen molar-refractivity contribution in [1.29, 1.82) is 5.26 Å². The van der Waals surface area contributed by atoms with Gasteiger partial charge in [0.25, 0.3) is 0 Å². The second kappa shape index (κ2) is 6.35. The molecule has 1 aliphatic carbocycles. The van der Waals surface area contributed by atoms with Gasteiger partial charge in [-0.05, 0) is 37.0 Å². The van der Waals surface area contributed by atoms with E-state index in [-0.39, 0.29) is 23.5 Å². The Morgan fingerprint density at radius 1 is 1.35 bits per heavy atom. The Bertz CT molecular complexity index is 590. The van der Waals surface area contributed by atoms with Crippen molar-refractivity contribution in [2.45, 2.75) is 42.7 Å². The SMILES string of the molecule is COC1CCC(NS(=O)(=O)c2ccc(CC#N)cc2)C1. The summed E-state index contributed by atoms with van der Waals surface area (Å²) in [6, 6.07) is 8.39. The van der Waals surface area contributed by atoms with Gasteiger partial charge in [0.15, 0.2) is 0 Å². The number of nitriles is 1. The second-order valence-electron chi connectivity index (χ2n) is 4.97. The van der Waals surface area contributed by atoms with Crippen molar-refractivity contribution in [3.05, 3.63) is 29.8 Å². The molecular formula is C14H18N2O3S. The molecule has 0 amide bonds. The van der Waals surface area contributed by atoms with Crippen LogP contribution in [-0.4, -0.2) is 27.7 Å². The molecule has 0 radical (unpaired) electrons. The monoisotopic (exact) mass is 294 g/mol. The van der Waals surface area contributed by atoms with Crippen molar-refractivity contribution < 1.29 is 13.2 Å². The fourth-order valence-corrected chi connectivity index (χ4v) is 3.71. The summed E-state index contributed by atoms with van der Waals surface area (Å²) in [4.78, 5) is 0.236. The Kier molecular flexibility index (Phi) is 4.76. The second-order valence-corrected chi connectivity index (χ2v) is 6.68. The molecule has 0 aromatic heterocycles. The lowest BCUT2D eigenvalue weighted by Crippen LogP contribution is -2.33. The Morgan fingerprint density at radius 3 is 2.60 bits per heavy atom. The van der Waals surface area contributed by atoms with Crippen molar-refractivity contribution in [2.24, 2.45) is 0 Å². The van der Waals surface area contributed by atoms with Crippen LogP contribution in [0.2, 0.25) is 0 Å². The van der Waals surface area contributed by atoms with Crippen LogP contribution in [0.25, 0.3) is 0 Å². The van der Waals surface area contributed by atoms with E-state index in [1.54, 1.807) is 19.2 Å². The van der Waals surface area contributed by atoms with Gasteiger partial charge in [-0.25, -0.2) is 13.1 Å². The third-order valence-corrected chi connectivity index (χ3v) is 5.09. The maximum atomic E-state index is 12.2. The first-order valence-corrected chi connectivity index (χ1v) is 8.04. The highest BCUT2D eigenvalue weighted by Crippen LogP contribution is 2.23. The van der Waals surface area contributed by atoms with E-state index in [2.05, 4.69) is 4.72 Å². The summed E-state index contributed by atoms with van der Waals surface area (Å²) in [5, 5.41) is 8.59. The molecule has 2 unspecified atom stereocenters. The molecule has 20 heavy (non-hydrogen) atoms. The smallest absolute Gasteiger partial charge is 0.240 e. The molecule has 1 aliphatic rings. The number of nitrogens with zero attached hydrogens (tertiary/aromatic N) is 1. The molecule has 6 heteroatoms. The molecular weight excluding hydrogens is 276 g/mol. The summed E-state index contributed by atoms with van der Waals surface area (Å²) in [6.45, 7) is 0. The molecule has 1 aromatic carbocycles. The van der Waals surface area contributed by atoms with Crippen LogP contribution in [0.3, 0.4) is 0 Å². The minimum absolute atomic E-state index is 0.0660. The van der Waals surface area contributed by atoms with Gasteiger partial charge in [0.05, 0.1) is 23.5 Å². The molecule has 1 aromatic rings. The van der Waals surface area contributed by atoms with Crippen LogP contribution in [-0.2, 0) is 21.2 Å². The molecule has 0 saturated heterocycles. The molecule has 0 heterocycles. The number of benzene rings is 1. The van der Waals surface area contributed by atoms with Crippen molar-refractivity contribution in [1.82, 2.24) is 4.72 Å². The number of hydrogen-bond acceptors (Lipinski definition) is 4. The minimum Gasteiger partial charge on any atom is -0.381 e. The number of ether oxygens (including phenoxy) is 1. The van der Waals surface area contributed by atoms with Gasteiger partial charge in [-0.2, -0.15) is 5.26 Å². The van der Waals surface area contributed by atoms with Crippen LogP contribution in [0.4, 0.5) is 0 Å². The summed E-state index contributed by atoms with van der Waals surface area (Å²) >= 11 is 0. The number of hydrogen-bond donors (Lipinski definition) is 1. The number of nitrogens with one attached hydrogen (secondary N) is 1. The van der Waals surface area contributed by atoms with Gasteiger partial charge in [-0.1, -0.05) is 12.1 Å². The highest BCUT2D eigenvalue weighted by molar-refractivity contribution is 7.89. The summed E-state index contributed by atoms with van der Waals surface area (Å²) < 4.78 is 32.4. The van der Waals surface area contributed by atoms with Crippen LogP contribution < -0.4 is 4.72 Å². The molecule has 2 rings (SSSR count). The average Bonchev–Trinajstić information content (AvgIpc) is 2.87. The molecule has 0 spiro atoms. The lowest BCUT2D eigenvalue weighted by molar-refractivity contribution is 0.107. The van der Waals surface area contributed by atoms with E-state index in [1.807, 2.05) is 6.07 Å². The zero-order valence-corrected chi connectivity index (χ0v) is 12.2. The average molecular weight is 294 g/mol. The van der Waals surface area contributed by atoms with Crippen LogP contribution in [0.15, 0.2) is 29.2 Å². The molecule has 0 aliphatic heterocycles. The molecule has 1 N–H and O–H groups in total. The zero-order chi connectivity index (χ0) is 14.6. The van der Waals surface area contributed by atoms with Crippen LogP contribution in [0, 0.1) is 11.3 Å². The van der Waals surface area contributed by atoms with Crippen molar-refractivity contribution in [2.75, 3.05) is 7.11 Å². The van der Waals surface area contributed by atoms with Crippen molar-refractivity contribution in [3.63, 3.8) is 0 Å².